The summed E-state index contributed by atoms with van der Waals surface area (Å²) in [5.41, 5.74) is 0. The van der Waals surface area contributed by atoms with Gasteiger partial charge in [-0.2, -0.15) is 11.8 Å². The summed E-state index contributed by atoms with van der Waals surface area (Å²) in [7, 11) is 0. The molecule has 0 bridgehead atoms. The summed E-state index contributed by atoms with van der Waals surface area (Å²) in [6.45, 7) is 11.0. The van der Waals surface area contributed by atoms with E-state index in [1.54, 1.807) is 0 Å². The first-order valence-corrected chi connectivity index (χ1v) is 6.92. The Morgan fingerprint density at radius 1 is 1.43 bits per heavy atom. The molecule has 1 aliphatic carbocycles. The zero-order chi connectivity index (χ0) is 10.6. The lowest BCUT2D eigenvalue weighted by atomic mass is 9.77. The van der Waals surface area contributed by atoms with Gasteiger partial charge in [-0.25, -0.2) is 0 Å². The van der Waals surface area contributed by atoms with Crippen molar-refractivity contribution in [3.05, 3.63) is 12.7 Å². The topological polar surface area (TPSA) is 0 Å². The monoisotopic (exact) mass is 212 g/mol. The molecule has 1 aliphatic rings. The van der Waals surface area contributed by atoms with Crippen LogP contribution < -0.4 is 0 Å². The maximum absolute atomic E-state index is 3.81. The van der Waals surface area contributed by atoms with E-state index in [0.717, 1.165) is 28.8 Å². The predicted molar refractivity (Wildman–Crippen MR) is 67.8 cm³/mol. The first-order chi connectivity index (χ1) is 6.65. The third-order valence-corrected chi connectivity index (χ3v) is 4.79. The second kappa shape index (κ2) is 5.85. The van der Waals surface area contributed by atoms with Gasteiger partial charge in [0, 0.05) is 11.0 Å². The molecule has 0 aliphatic heterocycles. The van der Waals surface area contributed by atoms with Gasteiger partial charge in [0.05, 0.1) is 0 Å². The molecular weight excluding hydrogens is 188 g/mol. The number of rotatable bonds is 4. The summed E-state index contributed by atoms with van der Waals surface area (Å²) in [6.07, 6.45) is 6.34. The van der Waals surface area contributed by atoms with Gasteiger partial charge in [0.25, 0.3) is 0 Å². The van der Waals surface area contributed by atoms with Crippen LogP contribution in [0.4, 0.5) is 0 Å². The fraction of sp³-hybridized carbons (Fsp3) is 0.846. The van der Waals surface area contributed by atoms with Crippen LogP contribution in [0.1, 0.15) is 40.0 Å². The SMILES string of the molecule is C=CCS[C@H]1C[C@H](C)CC[C@H]1C(C)C. The normalized spacial score (nSPS) is 33.3. The van der Waals surface area contributed by atoms with Crippen molar-refractivity contribution in [3.8, 4) is 0 Å². The van der Waals surface area contributed by atoms with Gasteiger partial charge in [0.2, 0.25) is 0 Å². The van der Waals surface area contributed by atoms with Gasteiger partial charge in [-0.1, -0.05) is 33.3 Å². The molecule has 1 heteroatoms. The van der Waals surface area contributed by atoms with Crippen LogP contribution in [0, 0.1) is 17.8 Å². The minimum Gasteiger partial charge on any atom is -0.154 e. The van der Waals surface area contributed by atoms with Crippen molar-refractivity contribution in [3.63, 3.8) is 0 Å². The number of hydrogen-bond acceptors (Lipinski definition) is 1. The standard InChI is InChI=1S/C13H24S/c1-5-8-14-13-9-11(4)6-7-12(13)10(2)3/h5,10-13H,1,6-9H2,2-4H3/t11-,12+,13+/m1/s1. The highest BCUT2D eigenvalue weighted by Gasteiger charge is 2.30. The molecule has 0 aromatic heterocycles. The maximum Gasteiger partial charge on any atom is 0.0113 e. The minimum atomic E-state index is 0.852. The van der Waals surface area contributed by atoms with E-state index in [1.165, 1.54) is 19.3 Å². The molecule has 0 N–H and O–H groups in total. The number of thioether (sulfide) groups is 1. The van der Waals surface area contributed by atoms with Gasteiger partial charge in [-0.05, 0) is 30.6 Å². The van der Waals surface area contributed by atoms with E-state index in [9.17, 15) is 0 Å². The summed E-state index contributed by atoms with van der Waals surface area (Å²) >= 11 is 2.12. The van der Waals surface area contributed by atoms with E-state index in [-0.39, 0.29) is 0 Å². The Labute approximate surface area is 93.5 Å². The molecule has 0 heterocycles. The van der Waals surface area contributed by atoms with Crippen molar-refractivity contribution in [2.24, 2.45) is 17.8 Å². The molecule has 0 unspecified atom stereocenters. The predicted octanol–water partition coefficient (Wildman–Crippen LogP) is 4.37. The zero-order valence-electron chi connectivity index (χ0n) is 9.83. The summed E-state index contributed by atoms with van der Waals surface area (Å²) in [5, 5.41) is 0.886. The second-order valence-electron chi connectivity index (χ2n) is 4.99. The van der Waals surface area contributed by atoms with Crippen LogP contribution in [0.2, 0.25) is 0 Å². The molecule has 1 rings (SSSR count). The molecular formula is C13H24S. The van der Waals surface area contributed by atoms with Gasteiger partial charge in [-0.15, -0.1) is 6.58 Å². The van der Waals surface area contributed by atoms with Crippen molar-refractivity contribution in [1.82, 2.24) is 0 Å². The van der Waals surface area contributed by atoms with Gasteiger partial charge in [0.15, 0.2) is 0 Å². The third-order valence-electron chi connectivity index (χ3n) is 3.39. The molecule has 0 aromatic carbocycles. The van der Waals surface area contributed by atoms with Crippen molar-refractivity contribution >= 4 is 11.8 Å². The average Bonchev–Trinajstić information content (AvgIpc) is 2.14. The quantitative estimate of drug-likeness (QED) is 0.624. The molecule has 0 aromatic rings. The Bertz CT molecular complexity index is 174. The van der Waals surface area contributed by atoms with Crippen LogP contribution in [-0.2, 0) is 0 Å². The molecule has 0 saturated heterocycles. The highest BCUT2D eigenvalue weighted by atomic mass is 32.2. The van der Waals surface area contributed by atoms with E-state index in [0.29, 0.717) is 0 Å². The number of hydrogen-bond donors (Lipinski definition) is 0. The Morgan fingerprint density at radius 3 is 2.71 bits per heavy atom. The minimum absolute atomic E-state index is 0.852. The molecule has 0 amide bonds. The van der Waals surface area contributed by atoms with Crippen molar-refractivity contribution < 1.29 is 0 Å². The summed E-state index contributed by atoms with van der Waals surface area (Å²) in [4.78, 5) is 0. The van der Waals surface area contributed by atoms with Crippen molar-refractivity contribution in [1.29, 1.82) is 0 Å². The lowest BCUT2D eigenvalue weighted by molar-refractivity contribution is 0.244. The molecule has 0 nitrogen and oxygen atoms in total. The summed E-state index contributed by atoms with van der Waals surface area (Å²) < 4.78 is 0. The van der Waals surface area contributed by atoms with Crippen molar-refractivity contribution in [2.75, 3.05) is 5.75 Å². The maximum atomic E-state index is 3.81. The van der Waals surface area contributed by atoms with Crippen LogP contribution in [0.3, 0.4) is 0 Å². The Hall–Kier alpha value is 0.0900. The molecule has 0 spiro atoms. The Kier molecular flexibility index (Phi) is 5.08. The fourth-order valence-electron chi connectivity index (χ4n) is 2.50. The third kappa shape index (κ3) is 3.34. The lowest BCUT2D eigenvalue weighted by Crippen LogP contribution is -2.29. The fourth-order valence-corrected chi connectivity index (χ4v) is 4.04. The van der Waals surface area contributed by atoms with E-state index < -0.39 is 0 Å². The zero-order valence-corrected chi connectivity index (χ0v) is 10.6. The Balaban J connectivity index is 2.49. The van der Waals surface area contributed by atoms with Gasteiger partial charge in [-0.3, -0.25) is 0 Å². The smallest absolute Gasteiger partial charge is 0.0113 e. The van der Waals surface area contributed by atoms with Crippen LogP contribution in [0.25, 0.3) is 0 Å². The lowest BCUT2D eigenvalue weighted by Gasteiger charge is -2.36. The van der Waals surface area contributed by atoms with E-state index >= 15 is 0 Å². The molecule has 0 radical (unpaired) electrons. The highest BCUT2D eigenvalue weighted by molar-refractivity contribution is 8.00. The van der Waals surface area contributed by atoms with Gasteiger partial charge >= 0.3 is 0 Å². The Morgan fingerprint density at radius 2 is 2.14 bits per heavy atom. The first-order valence-electron chi connectivity index (χ1n) is 5.87. The van der Waals surface area contributed by atoms with E-state index in [2.05, 4.69) is 39.1 Å². The van der Waals surface area contributed by atoms with Crippen LogP contribution in [-0.4, -0.2) is 11.0 Å². The van der Waals surface area contributed by atoms with Crippen LogP contribution >= 0.6 is 11.8 Å². The summed E-state index contributed by atoms with van der Waals surface area (Å²) in [5.74, 6) is 3.86. The molecule has 1 fully saturated rings. The molecule has 1 saturated carbocycles. The van der Waals surface area contributed by atoms with E-state index in [4.69, 9.17) is 0 Å². The molecule has 82 valence electrons. The molecule has 3 atom stereocenters. The highest BCUT2D eigenvalue weighted by Crippen LogP contribution is 2.39. The van der Waals surface area contributed by atoms with E-state index in [1.807, 2.05) is 6.08 Å². The van der Waals surface area contributed by atoms with Crippen LogP contribution in [0.15, 0.2) is 12.7 Å². The second-order valence-corrected chi connectivity index (χ2v) is 6.26. The summed E-state index contributed by atoms with van der Waals surface area (Å²) in [6, 6.07) is 0. The average molecular weight is 212 g/mol. The van der Waals surface area contributed by atoms with Crippen molar-refractivity contribution in [2.45, 2.75) is 45.3 Å². The van der Waals surface area contributed by atoms with Crippen LogP contribution in [0.5, 0.6) is 0 Å². The largest absolute Gasteiger partial charge is 0.154 e. The molecule has 14 heavy (non-hydrogen) atoms. The van der Waals surface area contributed by atoms with Gasteiger partial charge < -0.3 is 0 Å². The van der Waals surface area contributed by atoms with Gasteiger partial charge in [0.1, 0.15) is 0 Å². The first kappa shape index (κ1) is 12.2.